The minimum absolute atomic E-state index is 0.0765. The van der Waals surface area contributed by atoms with Crippen LogP contribution in [0, 0.1) is 0 Å². The molecular weight excluding hydrogens is 997 g/mol. The molecule has 0 aliphatic rings. The highest BCUT2D eigenvalue weighted by Gasteiger charge is 2.19. The van der Waals surface area contributed by atoms with Gasteiger partial charge >= 0.3 is 17.9 Å². The third-order valence-corrected chi connectivity index (χ3v) is 15.7. The molecule has 0 bridgehead atoms. The molecule has 0 amide bonds. The topological polar surface area (TPSA) is 78.9 Å². The van der Waals surface area contributed by atoms with E-state index in [1.807, 2.05) is 0 Å². The fourth-order valence-electron chi connectivity index (χ4n) is 10.3. The number of esters is 3. The average molecular weight is 1130 g/mol. The Balaban J connectivity index is 4.20. The molecule has 0 N–H and O–H groups in total. The van der Waals surface area contributed by atoms with Crippen molar-refractivity contribution < 1.29 is 28.6 Å². The van der Waals surface area contributed by atoms with Gasteiger partial charge in [-0.1, -0.05) is 312 Å². The molecule has 6 nitrogen and oxygen atoms in total. The highest BCUT2D eigenvalue weighted by molar-refractivity contribution is 5.71. The van der Waals surface area contributed by atoms with Crippen molar-refractivity contribution in [3.05, 3.63) is 72.9 Å². The first-order valence-corrected chi connectivity index (χ1v) is 35.4. The lowest BCUT2D eigenvalue weighted by Gasteiger charge is -2.18. The smallest absolute Gasteiger partial charge is 0.306 e. The van der Waals surface area contributed by atoms with Crippen molar-refractivity contribution in [2.45, 2.75) is 374 Å². The molecule has 6 heteroatoms. The molecule has 0 aromatic heterocycles. The Morgan fingerprint density at radius 2 is 0.457 bits per heavy atom. The van der Waals surface area contributed by atoms with Crippen molar-refractivity contribution in [2.24, 2.45) is 0 Å². The third-order valence-electron chi connectivity index (χ3n) is 15.7. The number of hydrogen-bond acceptors (Lipinski definition) is 6. The SMILES string of the molecule is CCCC/C=C\CCCCCCCC(=O)OCC(COC(=O)CCCCCCCCCCCCCCCC/C=C\C/C=C\C/C=C\CCCCCCC)OC(=O)CCCCCCCCCCCCC/C=C\C/C=C\CCCCCCC. The van der Waals surface area contributed by atoms with E-state index in [9.17, 15) is 14.4 Å². The quantitative estimate of drug-likeness (QED) is 0.0261. The Kier molecular flexibility index (Phi) is 66.6. The van der Waals surface area contributed by atoms with Gasteiger partial charge in [0.05, 0.1) is 0 Å². The molecule has 0 radical (unpaired) electrons. The number of rotatable bonds is 65. The van der Waals surface area contributed by atoms with Crippen LogP contribution in [0.1, 0.15) is 367 Å². The molecule has 0 fully saturated rings. The summed E-state index contributed by atoms with van der Waals surface area (Å²) in [5.41, 5.74) is 0. The Bertz CT molecular complexity index is 1490. The summed E-state index contributed by atoms with van der Waals surface area (Å²) in [6.07, 6.45) is 90.8. The first kappa shape index (κ1) is 77.9. The standard InChI is InChI=1S/C75H134O6/c1-4-7-10-13-16-19-22-24-26-28-30-32-34-35-36-37-38-39-41-42-44-46-48-50-53-56-59-62-65-68-74(77)80-71-72(70-79-73(76)67-64-61-58-55-52-21-18-15-12-9-6-3)81-75(78)69-66-63-60-57-54-51-49-47-45-43-40-33-31-29-27-25-23-20-17-14-11-8-5-2/h15,18,22-25,28-31,34-35,72H,4-14,16-17,19-21,26-27,32-33,36-71H2,1-3H3/b18-15-,24-22-,25-23-,30-28-,31-29-,35-34-. The zero-order valence-corrected chi connectivity index (χ0v) is 54.1. The van der Waals surface area contributed by atoms with Gasteiger partial charge in [-0.05, 0) is 109 Å². The average Bonchev–Trinajstić information content (AvgIpc) is 3.47. The van der Waals surface area contributed by atoms with E-state index < -0.39 is 6.10 Å². The van der Waals surface area contributed by atoms with Crippen LogP contribution < -0.4 is 0 Å². The van der Waals surface area contributed by atoms with Crippen LogP contribution in [0.15, 0.2) is 72.9 Å². The highest BCUT2D eigenvalue weighted by Crippen LogP contribution is 2.17. The van der Waals surface area contributed by atoms with Crippen LogP contribution in [-0.4, -0.2) is 37.2 Å². The number of carbonyl (C=O) groups excluding carboxylic acids is 3. The summed E-state index contributed by atoms with van der Waals surface area (Å²) in [5, 5.41) is 0. The number of unbranched alkanes of at least 4 members (excludes halogenated alkanes) is 42. The Hall–Kier alpha value is -3.15. The number of allylic oxidation sites excluding steroid dienone is 12. The van der Waals surface area contributed by atoms with Crippen molar-refractivity contribution in [1.29, 1.82) is 0 Å². The van der Waals surface area contributed by atoms with Crippen LogP contribution in [0.25, 0.3) is 0 Å². The van der Waals surface area contributed by atoms with Gasteiger partial charge < -0.3 is 14.2 Å². The molecule has 1 unspecified atom stereocenters. The molecule has 1 atom stereocenters. The van der Waals surface area contributed by atoms with Crippen LogP contribution in [0.2, 0.25) is 0 Å². The maximum absolute atomic E-state index is 12.9. The first-order chi connectivity index (χ1) is 40.0. The van der Waals surface area contributed by atoms with E-state index in [0.29, 0.717) is 19.3 Å². The van der Waals surface area contributed by atoms with E-state index in [0.717, 1.165) is 83.5 Å². The molecule has 0 saturated heterocycles. The van der Waals surface area contributed by atoms with Crippen molar-refractivity contribution >= 4 is 17.9 Å². The van der Waals surface area contributed by atoms with Gasteiger partial charge in [-0.3, -0.25) is 14.4 Å². The Labute approximate surface area is 503 Å². The summed E-state index contributed by atoms with van der Waals surface area (Å²) in [7, 11) is 0. The lowest BCUT2D eigenvalue weighted by atomic mass is 10.0. The van der Waals surface area contributed by atoms with E-state index in [1.165, 1.54) is 244 Å². The summed E-state index contributed by atoms with van der Waals surface area (Å²) in [5.74, 6) is -0.871. The maximum atomic E-state index is 12.9. The van der Waals surface area contributed by atoms with E-state index in [4.69, 9.17) is 14.2 Å². The van der Waals surface area contributed by atoms with Gasteiger partial charge in [-0.2, -0.15) is 0 Å². The summed E-state index contributed by atoms with van der Waals surface area (Å²) in [6, 6.07) is 0. The van der Waals surface area contributed by atoms with Crippen LogP contribution in [0.5, 0.6) is 0 Å². The second kappa shape index (κ2) is 69.3. The van der Waals surface area contributed by atoms with Crippen LogP contribution in [0.3, 0.4) is 0 Å². The van der Waals surface area contributed by atoms with Gasteiger partial charge in [0.1, 0.15) is 13.2 Å². The third kappa shape index (κ3) is 67.5. The molecule has 81 heavy (non-hydrogen) atoms. The highest BCUT2D eigenvalue weighted by atomic mass is 16.6. The molecule has 0 aliphatic carbocycles. The van der Waals surface area contributed by atoms with Gasteiger partial charge in [-0.25, -0.2) is 0 Å². The second-order valence-electron chi connectivity index (χ2n) is 23.8. The number of carbonyl (C=O) groups is 3. The fraction of sp³-hybridized carbons (Fsp3) is 0.800. The van der Waals surface area contributed by atoms with Crippen LogP contribution in [-0.2, 0) is 28.6 Å². The Morgan fingerprint density at radius 3 is 0.741 bits per heavy atom. The molecule has 0 aliphatic heterocycles. The maximum Gasteiger partial charge on any atom is 0.306 e. The van der Waals surface area contributed by atoms with Gasteiger partial charge in [-0.15, -0.1) is 0 Å². The van der Waals surface area contributed by atoms with E-state index in [2.05, 4.69) is 93.7 Å². The van der Waals surface area contributed by atoms with Crippen molar-refractivity contribution in [2.75, 3.05) is 13.2 Å². The molecule has 0 heterocycles. The molecule has 470 valence electrons. The number of hydrogen-bond donors (Lipinski definition) is 0. The van der Waals surface area contributed by atoms with Gasteiger partial charge in [0, 0.05) is 19.3 Å². The number of ether oxygens (including phenoxy) is 3. The lowest BCUT2D eigenvalue weighted by molar-refractivity contribution is -0.167. The molecule has 0 aromatic rings. The van der Waals surface area contributed by atoms with Crippen molar-refractivity contribution in [1.82, 2.24) is 0 Å². The van der Waals surface area contributed by atoms with Gasteiger partial charge in [0.25, 0.3) is 0 Å². The molecular formula is C75H134O6. The largest absolute Gasteiger partial charge is 0.462 e. The van der Waals surface area contributed by atoms with Crippen LogP contribution in [0.4, 0.5) is 0 Å². The molecule has 0 aromatic carbocycles. The monoisotopic (exact) mass is 1130 g/mol. The van der Waals surface area contributed by atoms with Gasteiger partial charge in [0.2, 0.25) is 0 Å². The molecule has 0 spiro atoms. The first-order valence-electron chi connectivity index (χ1n) is 35.4. The lowest BCUT2D eigenvalue weighted by Crippen LogP contribution is -2.30. The molecule has 0 rings (SSSR count). The van der Waals surface area contributed by atoms with E-state index >= 15 is 0 Å². The summed E-state index contributed by atoms with van der Waals surface area (Å²) in [4.78, 5) is 38.4. The minimum Gasteiger partial charge on any atom is -0.462 e. The minimum atomic E-state index is -0.780. The summed E-state index contributed by atoms with van der Waals surface area (Å²) in [6.45, 7) is 6.62. The zero-order chi connectivity index (χ0) is 58.5. The fourth-order valence-corrected chi connectivity index (χ4v) is 10.3. The van der Waals surface area contributed by atoms with Crippen LogP contribution >= 0.6 is 0 Å². The Morgan fingerprint density at radius 1 is 0.247 bits per heavy atom. The predicted molar refractivity (Wildman–Crippen MR) is 353 cm³/mol. The molecule has 0 saturated carbocycles. The normalized spacial score (nSPS) is 12.5. The van der Waals surface area contributed by atoms with E-state index in [-0.39, 0.29) is 31.1 Å². The predicted octanol–water partition coefficient (Wildman–Crippen LogP) is 24.4. The van der Waals surface area contributed by atoms with E-state index in [1.54, 1.807) is 0 Å². The summed E-state index contributed by atoms with van der Waals surface area (Å²) < 4.78 is 17.0. The summed E-state index contributed by atoms with van der Waals surface area (Å²) >= 11 is 0. The zero-order valence-electron chi connectivity index (χ0n) is 54.1. The van der Waals surface area contributed by atoms with Gasteiger partial charge in [0.15, 0.2) is 6.10 Å². The van der Waals surface area contributed by atoms with Crippen molar-refractivity contribution in [3.63, 3.8) is 0 Å². The second-order valence-corrected chi connectivity index (χ2v) is 23.8. The van der Waals surface area contributed by atoms with Crippen molar-refractivity contribution in [3.8, 4) is 0 Å².